The third-order valence-electron chi connectivity index (χ3n) is 5.03. The molecule has 2 aliphatic rings. The summed E-state index contributed by atoms with van der Waals surface area (Å²) in [6.45, 7) is 9.73. The van der Waals surface area contributed by atoms with Crippen LogP contribution < -0.4 is 5.32 Å². The van der Waals surface area contributed by atoms with Crippen molar-refractivity contribution in [1.82, 2.24) is 15.1 Å². The summed E-state index contributed by atoms with van der Waals surface area (Å²) in [5.41, 5.74) is 2.11. The minimum absolute atomic E-state index is 0.420. The summed E-state index contributed by atoms with van der Waals surface area (Å²) >= 11 is 0. The number of aliphatic hydroxyl groups is 1. The van der Waals surface area contributed by atoms with Crippen molar-refractivity contribution in [3.63, 3.8) is 0 Å². The Morgan fingerprint density at radius 2 is 2.00 bits per heavy atom. The fraction of sp³-hybridized carbons (Fsp3) is 0.550. The molecule has 0 bridgehead atoms. The lowest BCUT2D eigenvalue weighted by Gasteiger charge is -2.25. The van der Waals surface area contributed by atoms with Crippen LogP contribution in [0.2, 0.25) is 0 Å². The predicted octanol–water partition coefficient (Wildman–Crippen LogP) is 2.15. The van der Waals surface area contributed by atoms with Crippen molar-refractivity contribution >= 4 is 5.96 Å². The van der Waals surface area contributed by atoms with Crippen molar-refractivity contribution in [3.05, 3.63) is 47.5 Å². The third kappa shape index (κ3) is 4.61. The van der Waals surface area contributed by atoms with Gasteiger partial charge in [-0.3, -0.25) is 4.90 Å². The van der Waals surface area contributed by atoms with Crippen LogP contribution in [0, 0.1) is 0 Å². The topological polar surface area (TPSA) is 51.1 Å². The van der Waals surface area contributed by atoms with E-state index in [1.807, 2.05) is 12.1 Å². The number of rotatable bonds is 5. The molecule has 0 aliphatic carbocycles. The van der Waals surface area contributed by atoms with Gasteiger partial charge < -0.3 is 15.3 Å². The zero-order chi connectivity index (χ0) is 17.6. The minimum atomic E-state index is -0.420. The molecule has 3 rings (SSSR count). The Bertz CT molecular complexity index is 601. The van der Waals surface area contributed by atoms with Gasteiger partial charge >= 0.3 is 0 Å². The lowest BCUT2D eigenvalue weighted by atomic mass is 10.1. The highest BCUT2D eigenvalue weighted by Crippen LogP contribution is 2.18. The molecule has 5 nitrogen and oxygen atoms in total. The van der Waals surface area contributed by atoms with Gasteiger partial charge in [-0.2, -0.15) is 0 Å². The second-order valence-electron chi connectivity index (χ2n) is 6.90. The summed E-state index contributed by atoms with van der Waals surface area (Å²) in [6.07, 6.45) is 5.31. The summed E-state index contributed by atoms with van der Waals surface area (Å²) in [5, 5.41) is 13.0. The highest BCUT2D eigenvalue weighted by molar-refractivity contribution is 5.80. The highest BCUT2D eigenvalue weighted by Gasteiger charge is 2.29. The first-order chi connectivity index (χ1) is 12.2. The third-order valence-corrected chi connectivity index (χ3v) is 5.03. The molecule has 2 N–H and O–H groups in total. The maximum absolute atomic E-state index is 9.61. The molecule has 0 aromatic heterocycles. The average Bonchev–Trinajstić information content (AvgIpc) is 3.30. The van der Waals surface area contributed by atoms with E-state index in [-0.39, 0.29) is 0 Å². The van der Waals surface area contributed by atoms with E-state index in [0.717, 1.165) is 44.2 Å². The number of guanidine groups is 1. The quantitative estimate of drug-likeness (QED) is 0.489. The van der Waals surface area contributed by atoms with E-state index >= 15 is 0 Å². The molecule has 5 heteroatoms. The van der Waals surface area contributed by atoms with Crippen LogP contribution in [0.4, 0.5) is 0 Å². The number of hydrogen-bond acceptors (Lipinski definition) is 3. The number of nitrogens with one attached hydrogen (secondary N) is 1. The van der Waals surface area contributed by atoms with Crippen molar-refractivity contribution < 1.29 is 5.11 Å². The molecule has 25 heavy (non-hydrogen) atoms. The molecule has 1 fully saturated rings. The van der Waals surface area contributed by atoms with Crippen molar-refractivity contribution in [2.75, 3.05) is 32.7 Å². The van der Waals surface area contributed by atoms with E-state index in [1.54, 1.807) is 6.92 Å². The van der Waals surface area contributed by atoms with E-state index in [9.17, 15) is 5.11 Å². The van der Waals surface area contributed by atoms with Gasteiger partial charge in [-0.15, -0.1) is 0 Å². The van der Waals surface area contributed by atoms with E-state index in [0.29, 0.717) is 12.6 Å². The van der Waals surface area contributed by atoms with E-state index < -0.39 is 6.10 Å². The maximum atomic E-state index is 9.61. The van der Waals surface area contributed by atoms with Gasteiger partial charge in [-0.25, -0.2) is 4.99 Å². The molecular formula is C20H30N4O. The molecule has 1 aromatic rings. The minimum Gasteiger partial charge on any atom is -0.389 e. The number of hydrogen-bond donors (Lipinski definition) is 2. The Morgan fingerprint density at radius 3 is 2.64 bits per heavy atom. The van der Waals surface area contributed by atoms with Gasteiger partial charge in [-0.05, 0) is 31.4 Å². The van der Waals surface area contributed by atoms with Crippen LogP contribution in [-0.4, -0.2) is 59.6 Å². The van der Waals surface area contributed by atoms with Crippen LogP contribution in [0.15, 0.2) is 41.4 Å². The predicted molar refractivity (Wildman–Crippen MR) is 103 cm³/mol. The van der Waals surface area contributed by atoms with Crippen molar-refractivity contribution in [1.29, 1.82) is 0 Å². The van der Waals surface area contributed by atoms with Gasteiger partial charge in [0, 0.05) is 38.8 Å². The second-order valence-corrected chi connectivity index (χ2v) is 6.90. The fourth-order valence-electron chi connectivity index (χ4n) is 3.52. The largest absolute Gasteiger partial charge is 0.389 e. The van der Waals surface area contributed by atoms with Crippen LogP contribution in [-0.2, 0) is 6.54 Å². The standard InChI is InChI=1S/C20H30N4O/c1-3-21-20(22-14-17-6-8-18(9-7-17)16(2)25)24-13-10-19(15-24)23-11-4-5-12-23/h4-9,16,19,25H,3,10-15H2,1-2H3,(H,21,22). The first kappa shape index (κ1) is 18.0. The Labute approximate surface area is 151 Å². The Balaban J connectivity index is 1.61. The lowest BCUT2D eigenvalue weighted by molar-refractivity contribution is 0.199. The average molecular weight is 342 g/mol. The molecule has 0 saturated carbocycles. The van der Waals surface area contributed by atoms with Gasteiger partial charge in [0.2, 0.25) is 0 Å². The van der Waals surface area contributed by atoms with Crippen LogP contribution in [0.25, 0.3) is 0 Å². The van der Waals surface area contributed by atoms with Crippen molar-refractivity contribution in [2.24, 2.45) is 4.99 Å². The molecular weight excluding hydrogens is 312 g/mol. The maximum Gasteiger partial charge on any atom is 0.194 e. The molecule has 0 radical (unpaired) electrons. The van der Waals surface area contributed by atoms with Gasteiger partial charge in [0.15, 0.2) is 5.96 Å². The SMILES string of the molecule is CCNC(=NCc1ccc(C(C)O)cc1)N1CCC(N2CC=CC2)C1. The summed E-state index contributed by atoms with van der Waals surface area (Å²) < 4.78 is 0. The van der Waals surface area contributed by atoms with Crippen molar-refractivity contribution in [3.8, 4) is 0 Å². The second kappa shape index (κ2) is 8.50. The number of aliphatic hydroxyl groups excluding tert-OH is 1. The Kier molecular flexibility index (Phi) is 6.10. The monoisotopic (exact) mass is 342 g/mol. The van der Waals surface area contributed by atoms with E-state index in [1.165, 1.54) is 12.0 Å². The highest BCUT2D eigenvalue weighted by atomic mass is 16.3. The van der Waals surface area contributed by atoms with E-state index in [2.05, 4.69) is 46.3 Å². The molecule has 2 heterocycles. The van der Waals surface area contributed by atoms with Crippen LogP contribution >= 0.6 is 0 Å². The van der Waals surface area contributed by atoms with Crippen molar-refractivity contribution in [2.45, 2.75) is 39.0 Å². The smallest absolute Gasteiger partial charge is 0.194 e. The number of likely N-dealkylation sites (tertiary alicyclic amines) is 1. The number of benzene rings is 1. The number of nitrogens with zero attached hydrogens (tertiary/aromatic N) is 3. The number of aliphatic imine (C=N–C) groups is 1. The van der Waals surface area contributed by atoms with Gasteiger partial charge in [0.1, 0.15) is 0 Å². The summed E-state index contributed by atoms with van der Waals surface area (Å²) in [4.78, 5) is 9.76. The summed E-state index contributed by atoms with van der Waals surface area (Å²) in [5.74, 6) is 1.01. The molecule has 2 aliphatic heterocycles. The summed E-state index contributed by atoms with van der Waals surface area (Å²) in [6, 6.07) is 8.70. The lowest BCUT2D eigenvalue weighted by Crippen LogP contribution is -2.42. The van der Waals surface area contributed by atoms with Crippen LogP contribution in [0.3, 0.4) is 0 Å². The molecule has 0 spiro atoms. The molecule has 1 saturated heterocycles. The van der Waals surface area contributed by atoms with Gasteiger partial charge in [-0.1, -0.05) is 36.4 Å². The molecule has 1 aromatic carbocycles. The summed E-state index contributed by atoms with van der Waals surface area (Å²) in [7, 11) is 0. The van der Waals surface area contributed by atoms with Crippen LogP contribution in [0.1, 0.15) is 37.5 Å². The molecule has 136 valence electrons. The van der Waals surface area contributed by atoms with Crippen LogP contribution in [0.5, 0.6) is 0 Å². The molecule has 0 amide bonds. The van der Waals surface area contributed by atoms with Gasteiger partial charge in [0.25, 0.3) is 0 Å². The zero-order valence-electron chi connectivity index (χ0n) is 15.4. The Hall–Kier alpha value is -1.85. The first-order valence-electron chi connectivity index (χ1n) is 9.36. The zero-order valence-corrected chi connectivity index (χ0v) is 15.4. The molecule has 2 atom stereocenters. The first-order valence-corrected chi connectivity index (χ1v) is 9.36. The Morgan fingerprint density at radius 1 is 1.28 bits per heavy atom. The van der Waals surface area contributed by atoms with Gasteiger partial charge in [0.05, 0.1) is 12.6 Å². The normalized spacial score (nSPS) is 22.6. The van der Waals surface area contributed by atoms with E-state index in [4.69, 9.17) is 4.99 Å². The molecule has 2 unspecified atom stereocenters. The fourth-order valence-corrected chi connectivity index (χ4v) is 3.52.